The number of hydrogen-bond acceptors (Lipinski definition) is 7. The number of aromatic nitrogens is 2. The van der Waals surface area contributed by atoms with Crippen LogP contribution in [0.5, 0.6) is 0 Å². The van der Waals surface area contributed by atoms with Crippen molar-refractivity contribution in [3.63, 3.8) is 0 Å². The molecule has 1 aliphatic heterocycles. The van der Waals surface area contributed by atoms with Crippen molar-refractivity contribution in [2.45, 2.75) is 18.4 Å². The van der Waals surface area contributed by atoms with Crippen LogP contribution in [0.4, 0.5) is 0 Å². The Bertz CT molecular complexity index is 1320. The average Bonchev–Trinajstić information content (AvgIpc) is 2.89. The third kappa shape index (κ3) is 5.84. The molecule has 1 aliphatic rings. The van der Waals surface area contributed by atoms with Crippen molar-refractivity contribution < 1.29 is 17.9 Å². The summed E-state index contributed by atoms with van der Waals surface area (Å²) >= 11 is 0. The summed E-state index contributed by atoms with van der Waals surface area (Å²) < 4.78 is 33.9. The van der Waals surface area contributed by atoms with E-state index in [1.165, 1.54) is 39.3 Å². The van der Waals surface area contributed by atoms with E-state index in [9.17, 15) is 18.0 Å². The van der Waals surface area contributed by atoms with Crippen LogP contribution < -0.4 is 5.56 Å². The monoisotopic (exact) mass is 496 g/mol. The lowest BCUT2D eigenvalue weighted by Gasteiger charge is -2.33. The van der Waals surface area contributed by atoms with Crippen molar-refractivity contribution in [3.8, 4) is 11.3 Å². The normalized spacial score (nSPS) is 15.1. The van der Waals surface area contributed by atoms with E-state index >= 15 is 0 Å². The number of carbonyl (C=O) groups excluding carboxylic acids is 1. The summed E-state index contributed by atoms with van der Waals surface area (Å²) in [6, 6.07) is 18.7. The number of esters is 1. The number of nitrogens with zero attached hydrogens (tertiary/aromatic N) is 4. The molecule has 0 saturated carbocycles. The van der Waals surface area contributed by atoms with Gasteiger partial charge in [0.1, 0.15) is 0 Å². The second-order valence-corrected chi connectivity index (χ2v) is 10.1. The van der Waals surface area contributed by atoms with E-state index < -0.39 is 16.0 Å². The summed E-state index contributed by atoms with van der Waals surface area (Å²) in [6.45, 7) is 4.76. The lowest BCUT2D eigenvalue weighted by Crippen LogP contribution is -2.49. The van der Waals surface area contributed by atoms with Gasteiger partial charge in [-0.15, -0.1) is 0 Å². The SMILES string of the molecule is CCOC(=O)c1ccc(S(=O)(=O)N2CCN(CCn3nc(-c4ccccc4)ccc3=O)CC2)cc1. The minimum absolute atomic E-state index is 0.146. The van der Waals surface area contributed by atoms with Gasteiger partial charge in [-0.2, -0.15) is 9.40 Å². The Morgan fingerprint density at radius 3 is 2.26 bits per heavy atom. The molecule has 184 valence electrons. The maximum absolute atomic E-state index is 13.0. The van der Waals surface area contributed by atoms with E-state index in [-0.39, 0.29) is 17.1 Å². The molecule has 0 spiro atoms. The number of carbonyl (C=O) groups is 1. The number of hydrogen-bond donors (Lipinski definition) is 0. The standard InChI is InChI=1S/C25H28N4O5S/c1-2-34-25(31)21-8-10-22(11-9-21)35(32,33)28-17-14-27(15-18-28)16-19-29-24(30)13-12-23(26-29)20-6-4-3-5-7-20/h3-13H,2,14-19H2,1H3. The predicted molar refractivity (Wildman–Crippen MR) is 132 cm³/mol. The van der Waals surface area contributed by atoms with Crippen molar-refractivity contribution in [3.05, 3.63) is 82.6 Å². The van der Waals surface area contributed by atoms with Crippen LogP contribution in [0.2, 0.25) is 0 Å². The maximum Gasteiger partial charge on any atom is 0.338 e. The minimum Gasteiger partial charge on any atom is -0.462 e. The molecule has 1 saturated heterocycles. The van der Waals surface area contributed by atoms with Gasteiger partial charge in [0.25, 0.3) is 5.56 Å². The maximum atomic E-state index is 13.0. The highest BCUT2D eigenvalue weighted by Gasteiger charge is 2.28. The number of sulfonamides is 1. The molecule has 0 radical (unpaired) electrons. The minimum atomic E-state index is -3.66. The molecule has 0 amide bonds. The molecule has 0 N–H and O–H groups in total. The zero-order chi connectivity index (χ0) is 24.8. The molecule has 35 heavy (non-hydrogen) atoms. The molecular weight excluding hydrogens is 468 g/mol. The second kappa shape index (κ2) is 10.9. The summed E-state index contributed by atoms with van der Waals surface area (Å²) in [5, 5.41) is 4.49. The highest BCUT2D eigenvalue weighted by molar-refractivity contribution is 7.89. The first-order valence-electron chi connectivity index (χ1n) is 11.5. The van der Waals surface area contributed by atoms with E-state index in [4.69, 9.17) is 4.74 Å². The molecule has 0 atom stereocenters. The van der Waals surface area contributed by atoms with Gasteiger partial charge in [0.05, 0.1) is 29.3 Å². The van der Waals surface area contributed by atoms with E-state index in [0.29, 0.717) is 44.8 Å². The van der Waals surface area contributed by atoms with Gasteiger partial charge in [0.2, 0.25) is 10.0 Å². The summed E-state index contributed by atoms with van der Waals surface area (Å²) in [7, 11) is -3.66. The molecule has 1 fully saturated rings. The fraction of sp³-hybridized carbons (Fsp3) is 0.320. The lowest BCUT2D eigenvalue weighted by molar-refractivity contribution is 0.0526. The fourth-order valence-corrected chi connectivity index (χ4v) is 5.35. The van der Waals surface area contributed by atoms with Crippen LogP contribution in [0.1, 0.15) is 17.3 Å². The molecule has 1 aromatic heterocycles. The van der Waals surface area contributed by atoms with Gasteiger partial charge in [-0.3, -0.25) is 9.69 Å². The number of ether oxygens (including phenoxy) is 1. The van der Waals surface area contributed by atoms with Crippen LogP contribution in [-0.2, 0) is 21.3 Å². The Balaban J connectivity index is 1.34. The summed E-state index contributed by atoms with van der Waals surface area (Å²) in [5.41, 5.74) is 1.82. The highest BCUT2D eigenvalue weighted by Crippen LogP contribution is 2.19. The van der Waals surface area contributed by atoms with Gasteiger partial charge < -0.3 is 4.74 Å². The van der Waals surface area contributed by atoms with Gasteiger partial charge in [0, 0.05) is 44.4 Å². The van der Waals surface area contributed by atoms with Crippen LogP contribution >= 0.6 is 0 Å². The second-order valence-electron chi connectivity index (χ2n) is 8.14. The predicted octanol–water partition coefficient (Wildman–Crippen LogP) is 2.09. The smallest absolute Gasteiger partial charge is 0.338 e. The Kier molecular flexibility index (Phi) is 7.74. The number of benzene rings is 2. The molecular formula is C25H28N4O5S. The van der Waals surface area contributed by atoms with Gasteiger partial charge in [-0.25, -0.2) is 17.9 Å². The molecule has 0 unspecified atom stereocenters. The van der Waals surface area contributed by atoms with Crippen LogP contribution in [0.3, 0.4) is 0 Å². The molecule has 0 bridgehead atoms. The fourth-order valence-electron chi connectivity index (χ4n) is 3.93. The van der Waals surface area contributed by atoms with Crippen LogP contribution in [0, 0.1) is 0 Å². The largest absolute Gasteiger partial charge is 0.462 e. The quantitative estimate of drug-likeness (QED) is 0.440. The molecule has 3 aromatic rings. The van der Waals surface area contributed by atoms with Crippen molar-refractivity contribution in [1.82, 2.24) is 19.0 Å². The molecule has 4 rings (SSSR count). The molecule has 2 heterocycles. The first kappa shape index (κ1) is 24.8. The van der Waals surface area contributed by atoms with E-state index in [1.54, 1.807) is 13.0 Å². The molecule has 2 aromatic carbocycles. The third-order valence-electron chi connectivity index (χ3n) is 5.90. The Hall–Kier alpha value is -3.34. The van der Waals surface area contributed by atoms with E-state index in [1.807, 2.05) is 30.3 Å². The van der Waals surface area contributed by atoms with Gasteiger partial charge in [-0.05, 0) is 37.3 Å². The van der Waals surface area contributed by atoms with Crippen molar-refractivity contribution in [2.75, 3.05) is 39.3 Å². The van der Waals surface area contributed by atoms with Gasteiger partial charge >= 0.3 is 5.97 Å². The molecule has 0 aliphatic carbocycles. The lowest BCUT2D eigenvalue weighted by atomic mass is 10.1. The van der Waals surface area contributed by atoms with Gasteiger partial charge in [0.15, 0.2) is 0 Å². The first-order chi connectivity index (χ1) is 16.9. The van der Waals surface area contributed by atoms with Crippen molar-refractivity contribution in [2.24, 2.45) is 0 Å². The van der Waals surface area contributed by atoms with Crippen LogP contribution in [-0.4, -0.2) is 72.7 Å². The number of rotatable bonds is 8. The van der Waals surface area contributed by atoms with Crippen molar-refractivity contribution >= 4 is 16.0 Å². The van der Waals surface area contributed by atoms with Crippen molar-refractivity contribution in [1.29, 1.82) is 0 Å². The Morgan fingerprint density at radius 2 is 1.60 bits per heavy atom. The molecule has 9 nitrogen and oxygen atoms in total. The van der Waals surface area contributed by atoms with Crippen LogP contribution in [0.25, 0.3) is 11.3 Å². The topological polar surface area (TPSA) is 102 Å². The zero-order valence-corrected chi connectivity index (χ0v) is 20.4. The summed E-state index contributed by atoms with van der Waals surface area (Å²) in [5.74, 6) is -0.479. The van der Waals surface area contributed by atoms with Crippen LogP contribution in [0.15, 0.2) is 76.4 Å². The van der Waals surface area contributed by atoms with Gasteiger partial charge in [-0.1, -0.05) is 30.3 Å². The molecule has 10 heteroatoms. The first-order valence-corrected chi connectivity index (χ1v) is 13.0. The zero-order valence-electron chi connectivity index (χ0n) is 19.5. The average molecular weight is 497 g/mol. The Labute approximate surface area is 204 Å². The summed E-state index contributed by atoms with van der Waals surface area (Å²) in [6.07, 6.45) is 0. The van der Waals surface area contributed by atoms with E-state index in [0.717, 1.165) is 11.3 Å². The highest BCUT2D eigenvalue weighted by atomic mass is 32.2. The van der Waals surface area contributed by atoms with E-state index in [2.05, 4.69) is 10.00 Å². The Morgan fingerprint density at radius 1 is 0.914 bits per heavy atom. The number of piperazine rings is 1. The summed E-state index contributed by atoms with van der Waals surface area (Å²) in [4.78, 5) is 26.4. The third-order valence-corrected chi connectivity index (χ3v) is 7.81.